The average Bonchev–Trinajstić information content (AvgIpc) is 2.28. The Morgan fingerprint density at radius 2 is 2.25 bits per heavy atom. The molecule has 2 atom stereocenters. The zero-order valence-electron chi connectivity index (χ0n) is 7.29. The van der Waals surface area contributed by atoms with Crippen molar-refractivity contribution < 1.29 is 14.3 Å². The zero-order valence-corrected chi connectivity index (χ0v) is 7.29. The molecule has 0 bridgehead atoms. The molecule has 0 spiro atoms. The molecule has 2 N–H and O–H groups in total. The summed E-state index contributed by atoms with van der Waals surface area (Å²) in [4.78, 5) is 10.8. The first kappa shape index (κ1) is 9.48. The van der Waals surface area contributed by atoms with Crippen molar-refractivity contribution in [1.29, 1.82) is 0 Å². The summed E-state index contributed by atoms with van der Waals surface area (Å²) in [7, 11) is 1.68. The fourth-order valence-electron chi connectivity index (χ4n) is 1.37. The summed E-state index contributed by atoms with van der Waals surface area (Å²) in [5.74, 6) is -0.369. The number of hydrogen-bond acceptors (Lipinski definition) is 3. The molecule has 1 amide bonds. The van der Waals surface area contributed by atoms with Crippen LogP contribution in [0.3, 0.4) is 0 Å². The van der Waals surface area contributed by atoms with E-state index in [2.05, 4.69) is 0 Å². The number of carbonyl (C=O) groups excluding carboxylic acids is 1. The summed E-state index contributed by atoms with van der Waals surface area (Å²) >= 11 is 0. The van der Waals surface area contributed by atoms with Gasteiger partial charge in [-0.3, -0.25) is 4.79 Å². The summed E-state index contributed by atoms with van der Waals surface area (Å²) in [5.41, 5.74) is 5.12. The third-order valence-electron chi connectivity index (χ3n) is 2.16. The van der Waals surface area contributed by atoms with Gasteiger partial charge >= 0.3 is 0 Å². The lowest BCUT2D eigenvalue weighted by atomic mass is 10.1. The molecule has 0 aromatic carbocycles. The van der Waals surface area contributed by atoms with Gasteiger partial charge in [-0.15, -0.1) is 0 Å². The van der Waals surface area contributed by atoms with Crippen LogP contribution in [-0.4, -0.2) is 31.8 Å². The van der Waals surface area contributed by atoms with Gasteiger partial charge in [-0.2, -0.15) is 0 Å². The predicted octanol–water partition coefficient (Wildman–Crippen LogP) is 0.0558. The van der Waals surface area contributed by atoms with Gasteiger partial charge in [-0.05, 0) is 19.3 Å². The zero-order chi connectivity index (χ0) is 8.97. The minimum Gasteiger partial charge on any atom is -0.381 e. The second kappa shape index (κ2) is 4.42. The lowest BCUT2D eigenvalue weighted by Crippen LogP contribution is -2.30. The Labute approximate surface area is 72.0 Å². The van der Waals surface area contributed by atoms with E-state index in [-0.39, 0.29) is 12.0 Å². The van der Waals surface area contributed by atoms with E-state index in [1.165, 1.54) is 0 Å². The summed E-state index contributed by atoms with van der Waals surface area (Å²) < 4.78 is 10.4. The molecule has 1 rings (SSSR count). The van der Waals surface area contributed by atoms with Crippen LogP contribution in [0.25, 0.3) is 0 Å². The smallest absolute Gasteiger partial charge is 0.246 e. The van der Waals surface area contributed by atoms with E-state index in [1.807, 2.05) is 0 Å². The largest absolute Gasteiger partial charge is 0.381 e. The first-order valence-electron chi connectivity index (χ1n) is 4.17. The molecule has 1 aliphatic heterocycles. The number of hydrogen-bond donors (Lipinski definition) is 1. The van der Waals surface area contributed by atoms with Crippen LogP contribution in [0.5, 0.6) is 0 Å². The number of carbonyl (C=O) groups is 1. The molecular formula is C8H15NO3. The maximum atomic E-state index is 10.8. The van der Waals surface area contributed by atoms with Crippen molar-refractivity contribution in [2.45, 2.75) is 31.5 Å². The van der Waals surface area contributed by atoms with E-state index in [0.717, 1.165) is 12.8 Å². The number of nitrogens with two attached hydrogens (primary N) is 1. The van der Waals surface area contributed by atoms with Gasteiger partial charge in [-0.25, -0.2) is 0 Å². The van der Waals surface area contributed by atoms with Crippen LogP contribution in [-0.2, 0) is 14.3 Å². The molecule has 0 saturated carbocycles. The molecule has 70 valence electrons. The Morgan fingerprint density at radius 1 is 1.50 bits per heavy atom. The Balaban J connectivity index is 2.39. The van der Waals surface area contributed by atoms with Gasteiger partial charge < -0.3 is 15.2 Å². The maximum absolute atomic E-state index is 10.8. The number of rotatable bonds is 2. The Bertz CT molecular complexity index is 160. The average molecular weight is 173 g/mol. The molecule has 2 unspecified atom stereocenters. The van der Waals surface area contributed by atoms with Gasteiger partial charge in [-0.1, -0.05) is 0 Å². The first-order valence-corrected chi connectivity index (χ1v) is 4.17. The highest BCUT2D eigenvalue weighted by molar-refractivity contribution is 5.78. The van der Waals surface area contributed by atoms with E-state index in [9.17, 15) is 4.79 Å². The van der Waals surface area contributed by atoms with Crippen LogP contribution < -0.4 is 5.73 Å². The van der Waals surface area contributed by atoms with Crippen molar-refractivity contribution in [1.82, 2.24) is 0 Å². The van der Waals surface area contributed by atoms with E-state index >= 15 is 0 Å². The van der Waals surface area contributed by atoms with Crippen molar-refractivity contribution in [3.05, 3.63) is 0 Å². The third-order valence-corrected chi connectivity index (χ3v) is 2.16. The summed E-state index contributed by atoms with van der Waals surface area (Å²) in [5, 5.41) is 0. The normalized spacial score (nSPS) is 31.1. The van der Waals surface area contributed by atoms with Crippen LogP contribution in [0.1, 0.15) is 19.3 Å². The number of methoxy groups -OCH3 is 1. The Morgan fingerprint density at radius 3 is 2.83 bits per heavy atom. The molecule has 4 heteroatoms. The van der Waals surface area contributed by atoms with Gasteiger partial charge in [0.1, 0.15) is 6.10 Å². The first-order chi connectivity index (χ1) is 5.74. The molecule has 0 aromatic rings. The molecule has 0 radical (unpaired) electrons. The molecule has 0 aromatic heterocycles. The maximum Gasteiger partial charge on any atom is 0.246 e. The molecule has 12 heavy (non-hydrogen) atoms. The Hall–Kier alpha value is -0.610. The molecule has 1 saturated heterocycles. The van der Waals surface area contributed by atoms with Crippen LogP contribution in [0, 0.1) is 0 Å². The number of amides is 1. The van der Waals surface area contributed by atoms with E-state index in [0.29, 0.717) is 13.0 Å². The highest BCUT2D eigenvalue weighted by atomic mass is 16.5. The fourth-order valence-corrected chi connectivity index (χ4v) is 1.37. The van der Waals surface area contributed by atoms with Gasteiger partial charge in [0.2, 0.25) is 5.91 Å². The van der Waals surface area contributed by atoms with Crippen LogP contribution in [0.2, 0.25) is 0 Å². The van der Waals surface area contributed by atoms with Gasteiger partial charge in [0.05, 0.1) is 12.7 Å². The summed E-state index contributed by atoms with van der Waals surface area (Å²) in [6.45, 7) is 0.562. The minimum atomic E-state index is -0.412. The fraction of sp³-hybridized carbons (Fsp3) is 0.875. The summed E-state index contributed by atoms with van der Waals surface area (Å²) in [6, 6.07) is 0. The van der Waals surface area contributed by atoms with Crippen LogP contribution in [0.15, 0.2) is 0 Å². The van der Waals surface area contributed by atoms with Crippen molar-refractivity contribution in [3.8, 4) is 0 Å². The Kier molecular flexibility index (Phi) is 3.49. The molecule has 0 aliphatic carbocycles. The van der Waals surface area contributed by atoms with Crippen LogP contribution >= 0.6 is 0 Å². The molecule has 4 nitrogen and oxygen atoms in total. The van der Waals surface area contributed by atoms with Crippen molar-refractivity contribution >= 4 is 5.91 Å². The standard InChI is InChI=1S/C8H15NO3/c1-11-6-2-3-7(8(9)10)12-5-4-6/h6-7H,2-5H2,1H3,(H2,9,10). The van der Waals surface area contributed by atoms with Crippen molar-refractivity contribution in [2.75, 3.05) is 13.7 Å². The predicted molar refractivity (Wildman–Crippen MR) is 43.6 cm³/mol. The van der Waals surface area contributed by atoms with Gasteiger partial charge in [0, 0.05) is 7.11 Å². The topological polar surface area (TPSA) is 61.6 Å². The second-order valence-corrected chi connectivity index (χ2v) is 2.99. The van der Waals surface area contributed by atoms with Gasteiger partial charge in [0.15, 0.2) is 0 Å². The molecular weight excluding hydrogens is 158 g/mol. The minimum absolute atomic E-state index is 0.217. The van der Waals surface area contributed by atoms with E-state index in [4.69, 9.17) is 15.2 Å². The third kappa shape index (κ3) is 2.46. The lowest BCUT2D eigenvalue weighted by molar-refractivity contribution is -0.129. The highest BCUT2D eigenvalue weighted by Gasteiger charge is 2.22. The molecule has 1 aliphatic rings. The van der Waals surface area contributed by atoms with E-state index < -0.39 is 6.10 Å². The quantitative estimate of drug-likeness (QED) is 0.642. The highest BCUT2D eigenvalue weighted by Crippen LogP contribution is 2.15. The van der Waals surface area contributed by atoms with E-state index in [1.54, 1.807) is 7.11 Å². The second-order valence-electron chi connectivity index (χ2n) is 2.99. The molecule has 1 fully saturated rings. The van der Waals surface area contributed by atoms with Crippen molar-refractivity contribution in [3.63, 3.8) is 0 Å². The number of primary amides is 1. The van der Waals surface area contributed by atoms with Gasteiger partial charge in [0.25, 0.3) is 0 Å². The molecule has 1 heterocycles. The monoisotopic (exact) mass is 173 g/mol. The van der Waals surface area contributed by atoms with Crippen LogP contribution in [0.4, 0.5) is 0 Å². The summed E-state index contributed by atoms with van der Waals surface area (Å²) in [6.07, 6.45) is 2.18. The lowest BCUT2D eigenvalue weighted by Gasteiger charge is -2.10. The SMILES string of the molecule is COC1CCOC(C(N)=O)CC1. The number of ether oxygens (including phenoxy) is 2. The van der Waals surface area contributed by atoms with Crippen molar-refractivity contribution in [2.24, 2.45) is 5.73 Å².